The number of hydrogen-bond acceptors (Lipinski definition) is 2. The number of halogens is 1. The normalized spacial score (nSPS) is 22.6. The fourth-order valence-corrected chi connectivity index (χ4v) is 2.85. The maximum Gasteiger partial charge on any atom is 0.256 e. The third kappa shape index (κ3) is 2.09. The van der Waals surface area contributed by atoms with Crippen LogP contribution in [-0.2, 0) is 4.79 Å². The molecule has 0 saturated carbocycles. The van der Waals surface area contributed by atoms with Gasteiger partial charge in [-0.15, -0.1) is 0 Å². The van der Waals surface area contributed by atoms with Crippen LogP contribution < -0.4 is 0 Å². The molecule has 0 radical (unpaired) electrons. The predicted molar refractivity (Wildman–Crippen MR) is 67.0 cm³/mol. The van der Waals surface area contributed by atoms with Crippen LogP contribution >= 0.6 is 0 Å². The van der Waals surface area contributed by atoms with Crippen molar-refractivity contribution in [1.29, 1.82) is 0 Å². The summed E-state index contributed by atoms with van der Waals surface area (Å²) in [4.78, 5) is 27.3. The van der Waals surface area contributed by atoms with E-state index in [0.717, 1.165) is 6.42 Å². The number of rotatable bonds is 1. The SMILES string of the molecule is O=C(c1ccccc1F)N1CCN2C(=O)CCC2C1. The van der Waals surface area contributed by atoms with Gasteiger partial charge in [0.15, 0.2) is 0 Å². The molecule has 2 heterocycles. The molecular formula is C14H15FN2O2. The van der Waals surface area contributed by atoms with Gasteiger partial charge in [-0.25, -0.2) is 4.39 Å². The molecule has 0 aliphatic carbocycles. The van der Waals surface area contributed by atoms with Crippen molar-refractivity contribution < 1.29 is 14.0 Å². The largest absolute Gasteiger partial charge is 0.336 e. The van der Waals surface area contributed by atoms with Crippen LogP contribution in [0.1, 0.15) is 23.2 Å². The van der Waals surface area contributed by atoms with Crippen LogP contribution in [0.5, 0.6) is 0 Å². The Hall–Kier alpha value is -1.91. The van der Waals surface area contributed by atoms with Gasteiger partial charge in [-0.05, 0) is 18.6 Å². The van der Waals surface area contributed by atoms with Crippen molar-refractivity contribution in [3.63, 3.8) is 0 Å². The number of carbonyl (C=O) groups excluding carboxylic acids is 2. The Morgan fingerprint density at radius 2 is 2.05 bits per heavy atom. The van der Waals surface area contributed by atoms with Crippen LogP contribution in [0.2, 0.25) is 0 Å². The molecule has 4 nitrogen and oxygen atoms in total. The van der Waals surface area contributed by atoms with E-state index in [1.807, 2.05) is 4.90 Å². The van der Waals surface area contributed by atoms with Gasteiger partial charge < -0.3 is 9.80 Å². The Balaban J connectivity index is 1.76. The van der Waals surface area contributed by atoms with Crippen molar-refractivity contribution in [2.75, 3.05) is 19.6 Å². The Kier molecular flexibility index (Phi) is 2.97. The third-order valence-electron chi connectivity index (χ3n) is 3.89. The third-order valence-corrected chi connectivity index (χ3v) is 3.89. The average Bonchev–Trinajstić information content (AvgIpc) is 2.80. The zero-order valence-electron chi connectivity index (χ0n) is 10.5. The van der Waals surface area contributed by atoms with E-state index in [9.17, 15) is 14.0 Å². The second-order valence-electron chi connectivity index (χ2n) is 5.01. The summed E-state index contributed by atoms with van der Waals surface area (Å²) in [6, 6.07) is 6.13. The van der Waals surface area contributed by atoms with E-state index >= 15 is 0 Å². The summed E-state index contributed by atoms with van der Waals surface area (Å²) < 4.78 is 13.6. The molecule has 1 aromatic rings. The van der Waals surface area contributed by atoms with E-state index in [1.54, 1.807) is 17.0 Å². The molecule has 3 rings (SSSR count). The lowest BCUT2D eigenvalue weighted by atomic mass is 10.1. The first-order valence-corrected chi connectivity index (χ1v) is 6.50. The zero-order chi connectivity index (χ0) is 13.4. The van der Waals surface area contributed by atoms with Gasteiger partial charge in [0.25, 0.3) is 5.91 Å². The van der Waals surface area contributed by atoms with E-state index < -0.39 is 5.82 Å². The van der Waals surface area contributed by atoms with Crippen LogP contribution in [-0.4, -0.2) is 47.3 Å². The molecular weight excluding hydrogens is 247 g/mol. The van der Waals surface area contributed by atoms with Crippen molar-refractivity contribution in [1.82, 2.24) is 9.80 Å². The second-order valence-corrected chi connectivity index (χ2v) is 5.01. The molecule has 2 fully saturated rings. The molecule has 1 unspecified atom stereocenters. The number of amides is 2. The lowest BCUT2D eigenvalue weighted by Crippen LogP contribution is -2.53. The molecule has 100 valence electrons. The van der Waals surface area contributed by atoms with Crippen LogP contribution in [0.4, 0.5) is 4.39 Å². The van der Waals surface area contributed by atoms with Gasteiger partial charge in [-0.3, -0.25) is 9.59 Å². The van der Waals surface area contributed by atoms with Gasteiger partial charge in [0.1, 0.15) is 5.82 Å². The first kappa shape index (κ1) is 12.1. The highest BCUT2D eigenvalue weighted by Crippen LogP contribution is 2.24. The van der Waals surface area contributed by atoms with Gasteiger partial charge in [-0.2, -0.15) is 0 Å². The van der Waals surface area contributed by atoms with Gasteiger partial charge in [0.05, 0.1) is 5.56 Å². The minimum absolute atomic E-state index is 0.108. The zero-order valence-corrected chi connectivity index (χ0v) is 10.5. The molecule has 0 aromatic heterocycles. The number of hydrogen-bond donors (Lipinski definition) is 0. The molecule has 1 aromatic carbocycles. The molecule has 2 aliphatic rings. The summed E-state index contributed by atoms with van der Waals surface area (Å²) >= 11 is 0. The maximum atomic E-state index is 13.6. The first-order valence-electron chi connectivity index (χ1n) is 6.50. The van der Waals surface area contributed by atoms with E-state index in [1.165, 1.54) is 12.1 Å². The van der Waals surface area contributed by atoms with Crippen LogP contribution in [0, 0.1) is 5.82 Å². The summed E-state index contributed by atoms with van der Waals surface area (Å²) in [5.41, 5.74) is 0.111. The van der Waals surface area contributed by atoms with E-state index in [0.29, 0.717) is 26.1 Å². The van der Waals surface area contributed by atoms with Crippen molar-refractivity contribution in [3.8, 4) is 0 Å². The molecule has 0 N–H and O–H groups in total. The Bertz CT molecular complexity index is 532. The molecule has 2 amide bonds. The molecule has 1 atom stereocenters. The number of nitrogens with zero attached hydrogens (tertiary/aromatic N) is 2. The highest BCUT2D eigenvalue weighted by atomic mass is 19.1. The quantitative estimate of drug-likeness (QED) is 0.764. The van der Waals surface area contributed by atoms with Crippen LogP contribution in [0.3, 0.4) is 0 Å². The lowest BCUT2D eigenvalue weighted by molar-refractivity contribution is -0.130. The van der Waals surface area contributed by atoms with E-state index in [2.05, 4.69) is 0 Å². The minimum atomic E-state index is -0.488. The van der Waals surface area contributed by atoms with E-state index in [4.69, 9.17) is 0 Å². The van der Waals surface area contributed by atoms with Gasteiger partial charge in [0, 0.05) is 32.1 Å². The molecule has 2 saturated heterocycles. The fraction of sp³-hybridized carbons (Fsp3) is 0.429. The van der Waals surface area contributed by atoms with Gasteiger partial charge in [-0.1, -0.05) is 12.1 Å². The fourth-order valence-electron chi connectivity index (χ4n) is 2.85. The van der Waals surface area contributed by atoms with Crippen molar-refractivity contribution in [2.45, 2.75) is 18.9 Å². The average molecular weight is 262 g/mol. The Morgan fingerprint density at radius 3 is 2.84 bits per heavy atom. The molecule has 2 aliphatic heterocycles. The highest BCUT2D eigenvalue weighted by molar-refractivity contribution is 5.94. The topological polar surface area (TPSA) is 40.6 Å². The van der Waals surface area contributed by atoms with Gasteiger partial charge in [0.2, 0.25) is 5.91 Å². The minimum Gasteiger partial charge on any atom is -0.336 e. The maximum absolute atomic E-state index is 13.6. The lowest BCUT2D eigenvalue weighted by Gasteiger charge is -2.37. The number of piperazine rings is 1. The number of benzene rings is 1. The van der Waals surface area contributed by atoms with Crippen LogP contribution in [0.25, 0.3) is 0 Å². The first-order chi connectivity index (χ1) is 9.16. The summed E-state index contributed by atoms with van der Waals surface area (Å²) in [6.07, 6.45) is 1.35. The summed E-state index contributed by atoms with van der Waals surface area (Å²) in [5, 5.41) is 0. The summed E-state index contributed by atoms with van der Waals surface area (Å²) in [6.45, 7) is 1.55. The van der Waals surface area contributed by atoms with Crippen molar-refractivity contribution in [3.05, 3.63) is 35.6 Å². The van der Waals surface area contributed by atoms with Crippen LogP contribution in [0.15, 0.2) is 24.3 Å². The summed E-state index contributed by atoms with van der Waals surface area (Å²) in [5.74, 6) is -0.600. The molecule has 0 spiro atoms. The molecule has 0 bridgehead atoms. The second kappa shape index (κ2) is 4.64. The number of carbonyl (C=O) groups is 2. The smallest absolute Gasteiger partial charge is 0.256 e. The summed E-state index contributed by atoms with van der Waals surface area (Å²) in [7, 11) is 0. The van der Waals surface area contributed by atoms with E-state index in [-0.39, 0.29) is 23.4 Å². The molecule has 5 heteroatoms. The highest BCUT2D eigenvalue weighted by Gasteiger charge is 2.37. The van der Waals surface area contributed by atoms with Gasteiger partial charge >= 0.3 is 0 Å². The van der Waals surface area contributed by atoms with Crippen molar-refractivity contribution in [2.24, 2.45) is 0 Å². The van der Waals surface area contributed by atoms with Crippen molar-refractivity contribution >= 4 is 11.8 Å². The Morgan fingerprint density at radius 1 is 1.26 bits per heavy atom. The standard InChI is InChI=1S/C14H15FN2O2/c15-12-4-2-1-3-11(12)14(19)16-7-8-17-10(9-16)5-6-13(17)18/h1-4,10H,5-9H2. The predicted octanol–water partition coefficient (Wildman–Crippen LogP) is 1.27. The number of fused-ring (bicyclic) bond motifs is 1. The molecule has 19 heavy (non-hydrogen) atoms. The Labute approximate surface area is 110 Å². The monoisotopic (exact) mass is 262 g/mol.